The van der Waals surface area contributed by atoms with Gasteiger partial charge in [0.2, 0.25) is 5.91 Å². The number of benzene rings is 1. The van der Waals surface area contributed by atoms with Crippen LogP contribution in [0.5, 0.6) is 5.75 Å². The van der Waals surface area contributed by atoms with Gasteiger partial charge in [-0.3, -0.25) is 14.9 Å². The summed E-state index contributed by atoms with van der Waals surface area (Å²) in [5.74, 6) is -0.346. The minimum Gasteiger partial charge on any atom is -0.507 e. The first kappa shape index (κ1) is 17.6. The van der Waals surface area contributed by atoms with Crippen molar-refractivity contribution < 1.29 is 14.8 Å². The van der Waals surface area contributed by atoms with Gasteiger partial charge in [0.1, 0.15) is 5.75 Å². The van der Waals surface area contributed by atoms with E-state index in [0.29, 0.717) is 6.42 Å². The molecule has 1 rings (SSSR count). The molecule has 1 aromatic carbocycles. The van der Waals surface area contributed by atoms with E-state index in [9.17, 15) is 20.0 Å². The molecule has 0 bridgehead atoms. The molecule has 0 saturated heterocycles. The summed E-state index contributed by atoms with van der Waals surface area (Å²) >= 11 is 0. The molecule has 0 radical (unpaired) electrons. The normalized spacial score (nSPS) is 10.8. The monoisotopic (exact) mass is 307 g/mol. The predicted molar refractivity (Wildman–Crippen MR) is 83.9 cm³/mol. The molecule has 0 aliphatic carbocycles. The van der Waals surface area contributed by atoms with E-state index in [-0.39, 0.29) is 22.9 Å². The van der Waals surface area contributed by atoms with Crippen LogP contribution in [0.15, 0.2) is 23.3 Å². The average molecular weight is 307 g/mol. The number of nitrogens with one attached hydrogen (secondary N) is 1. The van der Waals surface area contributed by atoms with E-state index in [2.05, 4.69) is 17.5 Å². The summed E-state index contributed by atoms with van der Waals surface area (Å²) < 4.78 is 0. The van der Waals surface area contributed by atoms with Gasteiger partial charge >= 0.3 is 0 Å². The first-order chi connectivity index (χ1) is 10.5. The molecule has 120 valence electrons. The third kappa shape index (κ3) is 6.34. The second kappa shape index (κ2) is 9.49. The number of hydrazone groups is 1. The Morgan fingerprint density at radius 1 is 1.36 bits per heavy atom. The second-order valence-corrected chi connectivity index (χ2v) is 4.96. The summed E-state index contributed by atoms with van der Waals surface area (Å²) in [5.41, 5.74) is 2.37. The molecule has 7 nitrogen and oxygen atoms in total. The lowest BCUT2D eigenvalue weighted by Crippen LogP contribution is -2.16. The Morgan fingerprint density at radius 3 is 2.77 bits per heavy atom. The highest BCUT2D eigenvalue weighted by Crippen LogP contribution is 2.21. The minimum absolute atomic E-state index is 0.136. The maximum Gasteiger partial charge on any atom is 0.270 e. The van der Waals surface area contributed by atoms with Gasteiger partial charge in [-0.1, -0.05) is 32.6 Å². The predicted octanol–water partition coefficient (Wildman–Crippen LogP) is 3.11. The molecule has 1 aromatic rings. The SMILES string of the molecule is CCCCCCCC(=O)N/N=C\c1cc([N+](=O)[O-])ccc1O. The lowest BCUT2D eigenvalue weighted by Gasteiger charge is -2.01. The third-order valence-corrected chi connectivity index (χ3v) is 3.12. The molecule has 1 amide bonds. The zero-order valence-corrected chi connectivity index (χ0v) is 12.6. The second-order valence-electron chi connectivity index (χ2n) is 4.96. The fourth-order valence-electron chi connectivity index (χ4n) is 1.88. The average Bonchev–Trinajstić information content (AvgIpc) is 2.48. The van der Waals surface area contributed by atoms with Crippen LogP contribution in [0.4, 0.5) is 5.69 Å². The fraction of sp³-hybridized carbons (Fsp3) is 0.467. The van der Waals surface area contributed by atoms with Gasteiger partial charge in [-0.15, -0.1) is 0 Å². The van der Waals surface area contributed by atoms with Crippen LogP contribution in [0.25, 0.3) is 0 Å². The zero-order chi connectivity index (χ0) is 16.4. The molecule has 22 heavy (non-hydrogen) atoms. The number of carbonyl (C=O) groups is 1. The first-order valence-corrected chi connectivity index (χ1v) is 7.34. The Kier molecular flexibility index (Phi) is 7.60. The van der Waals surface area contributed by atoms with Gasteiger partial charge in [-0.2, -0.15) is 5.10 Å². The summed E-state index contributed by atoms with van der Waals surface area (Å²) in [6, 6.07) is 3.60. The van der Waals surface area contributed by atoms with E-state index in [1.807, 2.05) is 0 Å². The molecule has 0 heterocycles. The number of hydrogen-bond acceptors (Lipinski definition) is 5. The van der Waals surface area contributed by atoms with Crippen molar-refractivity contribution in [1.82, 2.24) is 5.43 Å². The molecule has 0 aromatic heterocycles. The van der Waals surface area contributed by atoms with Crippen molar-refractivity contribution in [3.63, 3.8) is 0 Å². The molecule has 0 aliphatic heterocycles. The molecule has 0 aliphatic rings. The Labute approximate surface area is 129 Å². The maximum atomic E-state index is 11.5. The van der Waals surface area contributed by atoms with Crippen LogP contribution in [-0.2, 0) is 4.79 Å². The number of aromatic hydroxyl groups is 1. The molecule has 7 heteroatoms. The van der Waals surface area contributed by atoms with Gasteiger partial charge in [0.15, 0.2) is 0 Å². The number of nitrogens with zero attached hydrogens (tertiary/aromatic N) is 2. The third-order valence-electron chi connectivity index (χ3n) is 3.12. The molecule has 2 N–H and O–H groups in total. The molecule has 0 atom stereocenters. The molecule has 0 fully saturated rings. The van der Waals surface area contributed by atoms with Crippen LogP contribution in [0.3, 0.4) is 0 Å². The maximum absolute atomic E-state index is 11.5. The smallest absolute Gasteiger partial charge is 0.270 e. The molecule has 0 unspecified atom stereocenters. The van der Waals surface area contributed by atoms with E-state index in [1.165, 1.54) is 30.8 Å². The lowest BCUT2D eigenvalue weighted by molar-refractivity contribution is -0.384. The van der Waals surface area contributed by atoms with Crippen molar-refractivity contribution in [3.05, 3.63) is 33.9 Å². The van der Waals surface area contributed by atoms with Crippen LogP contribution >= 0.6 is 0 Å². The van der Waals surface area contributed by atoms with E-state index in [0.717, 1.165) is 25.7 Å². The summed E-state index contributed by atoms with van der Waals surface area (Å²) in [7, 11) is 0. The number of nitro groups is 1. The number of phenols is 1. The van der Waals surface area contributed by atoms with Gasteiger partial charge < -0.3 is 5.11 Å². The van der Waals surface area contributed by atoms with Crippen LogP contribution in [0, 0.1) is 10.1 Å². The number of unbranched alkanes of at least 4 members (excludes halogenated alkanes) is 4. The zero-order valence-electron chi connectivity index (χ0n) is 12.6. The number of hydrogen-bond donors (Lipinski definition) is 2. The van der Waals surface area contributed by atoms with E-state index in [4.69, 9.17) is 0 Å². The largest absolute Gasteiger partial charge is 0.507 e. The van der Waals surface area contributed by atoms with Crippen molar-refractivity contribution in [2.45, 2.75) is 45.4 Å². The van der Waals surface area contributed by atoms with Crippen molar-refractivity contribution in [3.8, 4) is 5.75 Å². The minimum atomic E-state index is -0.564. The quantitative estimate of drug-likeness (QED) is 0.316. The Morgan fingerprint density at radius 2 is 2.09 bits per heavy atom. The fourth-order valence-corrected chi connectivity index (χ4v) is 1.88. The van der Waals surface area contributed by atoms with Crippen molar-refractivity contribution in [2.24, 2.45) is 5.10 Å². The Balaban J connectivity index is 2.43. The number of nitro benzene ring substituents is 1. The van der Waals surface area contributed by atoms with E-state index < -0.39 is 4.92 Å². The number of amides is 1. The van der Waals surface area contributed by atoms with Crippen LogP contribution < -0.4 is 5.43 Å². The van der Waals surface area contributed by atoms with Crippen LogP contribution in [-0.4, -0.2) is 22.2 Å². The van der Waals surface area contributed by atoms with Crippen molar-refractivity contribution in [1.29, 1.82) is 0 Å². The molecular formula is C15H21N3O4. The van der Waals surface area contributed by atoms with Gasteiger partial charge in [-0.25, -0.2) is 5.43 Å². The Bertz CT molecular complexity index is 544. The standard InChI is InChI=1S/C15H21N3O4/c1-2-3-4-5-6-7-15(20)17-16-11-12-10-13(18(21)22)8-9-14(12)19/h8-11,19H,2-7H2,1H3,(H,17,20)/b16-11-. The van der Waals surface area contributed by atoms with Crippen LogP contribution in [0.1, 0.15) is 51.0 Å². The highest BCUT2D eigenvalue weighted by Gasteiger charge is 2.08. The van der Waals surface area contributed by atoms with Gasteiger partial charge in [-0.05, 0) is 12.5 Å². The van der Waals surface area contributed by atoms with Crippen molar-refractivity contribution >= 4 is 17.8 Å². The van der Waals surface area contributed by atoms with Gasteiger partial charge in [0, 0.05) is 24.1 Å². The molecule has 0 spiro atoms. The number of phenolic OH excluding ortho intramolecular Hbond substituents is 1. The summed E-state index contributed by atoms with van der Waals surface area (Å²) in [6.07, 6.45) is 6.85. The van der Waals surface area contributed by atoms with E-state index >= 15 is 0 Å². The Hall–Kier alpha value is -2.44. The number of carbonyl (C=O) groups excluding carboxylic acids is 1. The highest BCUT2D eigenvalue weighted by molar-refractivity contribution is 5.85. The summed E-state index contributed by atoms with van der Waals surface area (Å²) in [4.78, 5) is 21.6. The lowest BCUT2D eigenvalue weighted by atomic mass is 10.1. The topological polar surface area (TPSA) is 105 Å². The van der Waals surface area contributed by atoms with Crippen molar-refractivity contribution in [2.75, 3.05) is 0 Å². The summed E-state index contributed by atoms with van der Waals surface area (Å²) in [5, 5.41) is 23.9. The number of rotatable bonds is 9. The summed E-state index contributed by atoms with van der Waals surface area (Å²) in [6.45, 7) is 2.13. The van der Waals surface area contributed by atoms with E-state index in [1.54, 1.807) is 0 Å². The van der Waals surface area contributed by atoms with Gasteiger partial charge in [0.05, 0.1) is 11.1 Å². The molecular weight excluding hydrogens is 286 g/mol. The first-order valence-electron chi connectivity index (χ1n) is 7.34. The highest BCUT2D eigenvalue weighted by atomic mass is 16.6. The van der Waals surface area contributed by atoms with Gasteiger partial charge in [0.25, 0.3) is 5.69 Å². The molecule has 0 saturated carbocycles. The number of non-ortho nitro benzene ring substituents is 1. The van der Waals surface area contributed by atoms with Crippen LogP contribution in [0.2, 0.25) is 0 Å².